The highest BCUT2D eigenvalue weighted by Gasteiger charge is 2.18. The summed E-state index contributed by atoms with van der Waals surface area (Å²) < 4.78 is 2.02. The second kappa shape index (κ2) is 9.27. The van der Waals surface area contributed by atoms with Crippen molar-refractivity contribution < 1.29 is 4.79 Å². The van der Waals surface area contributed by atoms with Gasteiger partial charge in [-0.15, -0.1) is 10.2 Å². The second-order valence-electron chi connectivity index (χ2n) is 7.73. The molecule has 0 aliphatic heterocycles. The molecule has 0 saturated carbocycles. The van der Waals surface area contributed by atoms with Crippen molar-refractivity contribution in [1.29, 1.82) is 0 Å². The lowest BCUT2D eigenvalue weighted by Crippen LogP contribution is -2.37. The first-order chi connectivity index (χ1) is 13.8. The summed E-state index contributed by atoms with van der Waals surface area (Å²) in [7, 11) is 0. The van der Waals surface area contributed by atoms with Crippen LogP contribution in [-0.2, 0) is 4.79 Å². The fourth-order valence-electron chi connectivity index (χ4n) is 2.77. The molecule has 0 spiro atoms. The van der Waals surface area contributed by atoms with Gasteiger partial charge in [-0.05, 0) is 38.8 Å². The lowest BCUT2D eigenvalue weighted by molar-refractivity contribution is -0.119. The first kappa shape index (κ1) is 21.1. The highest BCUT2D eigenvalue weighted by molar-refractivity contribution is 7.99. The Morgan fingerprint density at radius 1 is 0.966 bits per heavy atom. The first-order valence-electron chi connectivity index (χ1n) is 9.87. The highest BCUT2D eigenvalue weighted by Crippen LogP contribution is 2.28. The Bertz CT molecular complexity index is 962. The molecule has 1 heterocycles. The van der Waals surface area contributed by atoms with E-state index in [0.717, 1.165) is 17.1 Å². The van der Waals surface area contributed by atoms with Gasteiger partial charge in [-0.1, -0.05) is 73.1 Å². The zero-order chi connectivity index (χ0) is 21.0. The number of aromatic nitrogens is 3. The van der Waals surface area contributed by atoms with Gasteiger partial charge in [0.1, 0.15) is 0 Å². The van der Waals surface area contributed by atoms with Gasteiger partial charge in [0.2, 0.25) is 5.91 Å². The van der Waals surface area contributed by atoms with Crippen LogP contribution in [0, 0.1) is 19.8 Å². The monoisotopic (exact) mass is 408 g/mol. The number of carbonyl (C=O) groups is 1. The highest BCUT2D eigenvalue weighted by atomic mass is 32.2. The minimum atomic E-state index is 0.00606. The van der Waals surface area contributed by atoms with E-state index in [1.165, 1.54) is 22.9 Å². The average Bonchev–Trinajstić information content (AvgIpc) is 3.11. The molecule has 0 saturated heterocycles. The van der Waals surface area contributed by atoms with Gasteiger partial charge in [-0.3, -0.25) is 9.36 Å². The number of rotatable bonds is 7. The van der Waals surface area contributed by atoms with E-state index >= 15 is 0 Å². The van der Waals surface area contributed by atoms with Crippen LogP contribution in [0.1, 0.15) is 31.9 Å². The van der Waals surface area contributed by atoms with Crippen LogP contribution in [0.15, 0.2) is 53.7 Å². The molecule has 3 aromatic rings. The van der Waals surface area contributed by atoms with E-state index in [1.54, 1.807) is 0 Å². The Kier molecular flexibility index (Phi) is 6.75. The Morgan fingerprint density at radius 2 is 1.55 bits per heavy atom. The van der Waals surface area contributed by atoms with Crippen molar-refractivity contribution in [2.45, 2.75) is 45.8 Å². The quantitative estimate of drug-likeness (QED) is 0.570. The van der Waals surface area contributed by atoms with Crippen LogP contribution >= 0.6 is 11.8 Å². The van der Waals surface area contributed by atoms with Crippen molar-refractivity contribution in [2.24, 2.45) is 5.92 Å². The predicted molar refractivity (Wildman–Crippen MR) is 119 cm³/mol. The molecule has 5 nitrogen and oxygen atoms in total. The maximum absolute atomic E-state index is 12.3. The third-order valence-electron chi connectivity index (χ3n) is 4.96. The van der Waals surface area contributed by atoms with Crippen LogP contribution in [0.3, 0.4) is 0 Å². The molecular weight excluding hydrogens is 380 g/mol. The number of benzene rings is 2. The Morgan fingerprint density at radius 3 is 2.14 bits per heavy atom. The normalized spacial score (nSPS) is 12.2. The van der Waals surface area contributed by atoms with Gasteiger partial charge in [0.15, 0.2) is 11.0 Å². The van der Waals surface area contributed by atoms with Gasteiger partial charge in [0, 0.05) is 17.3 Å². The maximum Gasteiger partial charge on any atom is 0.230 e. The van der Waals surface area contributed by atoms with E-state index in [-0.39, 0.29) is 11.9 Å². The standard InChI is InChI=1S/C23H28N4OS/c1-15(2)18(5)24-21(28)14-29-23-26-25-22(19-10-6-16(3)7-11-19)27(23)20-12-8-17(4)9-13-20/h6-13,15,18H,14H2,1-5H3,(H,24,28). The Labute approximate surface area is 176 Å². The molecule has 0 aliphatic rings. The van der Waals surface area contributed by atoms with Crippen molar-refractivity contribution in [3.8, 4) is 17.1 Å². The van der Waals surface area contributed by atoms with Crippen LogP contribution in [0.25, 0.3) is 17.1 Å². The summed E-state index contributed by atoms with van der Waals surface area (Å²) in [4.78, 5) is 12.3. The van der Waals surface area contributed by atoms with Gasteiger partial charge in [0.05, 0.1) is 5.75 Å². The Balaban J connectivity index is 1.90. The van der Waals surface area contributed by atoms with Gasteiger partial charge in [-0.25, -0.2) is 0 Å². The van der Waals surface area contributed by atoms with Crippen LogP contribution in [0.4, 0.5) is 0 Å². The molecule has 2 aromatic carbocycles. The molecule has 1 atom stereocenters. The van der Waals surface area contributed by atoms with Crippen molar-refractivity contribution >= 4 is 17.7 Å². The average molecular weight is 409 g/mol. The third-order valence-corrected chi connectivity index (χ3v) is 5.89. The van der Waals surface area contributed by atoms with E-state index in [4.69, 9.17) is 0 Å². The van der Waals surface area contributed by atoms with E-state index in [1.807, 2.05) is 11.5 Å². The molecule has 0 fully saturated rings. The fraction of sp³-hybridized carbons (Fsp3) is 0.348. The minimum absolute atomic E-state index is 0.00606. The van der Waals surface area contributed by atoms with Crippen molar-refractivity contribution in [1.82, 2.24) is 20.1 Å². The summed E-state index contributed by atoms with van der Waals surface area (Å²) in [6.07, 6.45) is 0. The number of carbonyl (C=O) groups excluding carboxylic acids is 1. The zero-order valence-corrected chi connectivity index (χ0v) is 18.5. The molecule has 0 bridgehead atoms. The molecule has 29 heavy (non-hydrogen) atoms. The molecular formula is C23H28N4OS. The molecule has 1 amide bonds. The smallest absolute Gasteiger partial charge is 0.230 e. The number of amides is 1. The van der Waals surface area contributed by atoms with Crippen LogP contribution in [-0.4, -0.2) is 32.5 Å². The third kappa shape index (κ3) is 5.26. The summed E-state index contributed by atoms with van der Waals surface area (Å²) in [5, 5.41) is 12.6. The van der Waals surface area contributed by atoms with Gasteiger partial charge < -0.3 is 5.32 Å². The maximum atomic E-state index is 12.3. The summed E-state index contributed by atoms with van der Waals surface area (Å²) >= 11 is 1.40. The number of hydrogen-bond acceptors (Lipinski definition) is 4. The SMILES string of the molecule is Cc1ccc(-c2nnc(SCC(=O)NC(C)C(C)C)n2-c2ccc(C)cc2)cc1. The molecule has 0 radical (unpaired) electrons. The molecule has 1 N–H and O–H groups in total. The van der Waals surface area contributed by atoms with Gasteiger partial charge in [-0.2, -0.15) is 0 Å². The summed E-state index contributed by atoms with van der Waals surface area (Å²) in [6, 6.07) is 16.6. The second-order valence-corrected chi connectivity index (χ2v) is 8.67. The largest absolute Gasteiger partial charge is 0.353 e. The van der Waals surface area contributed by atoms with Crippen molar-refractivity contribution in [3.63, 3.8) is 0 Å². The van der Waals surface area contributed by atoms with Crippen molar-refractivity contribution in [3.05, 3.63) is 59.7 Å². The van der Waals surface area contributed by atoms with Crippen LogP contribution in [0.2, 0.25) is 0 Å². The molecule has 0 aliphatic carbocycles. The number of nitrogens with one attached hydrogen (secondary N) is 1. The summed E-state index contributed by atoms with van der Waals surface area (Å²) in [6.45, 7) is 10.3. The van der Waals surface area contributed by atoms with Crippen molar-refractivity contribution in [2.75, 3.05) is 5.75 Å². The van der Waals surface area contributed by atoms with Crippen LogP contribution < -0.4 is 5.32 Å². The number of nitrogens with zero attached hydrogens (tertiary/aromatic N) is 3. The van der Waals surface area contributed by atoms with E-state index in [0.29, 0.717) is 16.8 Å². The van der Waals surface area contributed by atoms with Gasteiger partial charge >= 0.3 is 0 Å². The summed E-state index contributed by atoms with van der Waals surface area (Å²) in [5.74, 6) is 1.47. The Hall–Kier alpha value is -2.60. The molecule has 1 aromatic heterocycles. The molecule has 6 heteroatoms. The van der Waals surface area contributed by atoms with Crippen LogP contribution in [0.5, 0.6) is 0 Å². The zero-order valence-electron chi connectivity index (χ0n) is 17.6. The summed E-state index contributed by atoms with van der Waals surface area (Å²) in [5.41, 5.74) is 4.36. The fourth-order valence-corrected chi connectivity index (χ4v) is 3.54. The lowest BCUT2D eigenvalue weighted by atomic mass is 10.1. The predicted octanol–water partition coefficient (Wildman–Crippen LogP) is 4.80. The van der Waals surface area contributed by atoms with E-state index in [9.17, 15) is 4.79 Å². The number of hydrogen-bond donors (Lipinski definition) is 1. The minimum Gasteiger partial charge on any atom is -0.353 e. The van der Waals surface area contributed by atoms with E-state index < -0.39 is 0 Å². The first-order valence-corrected chi connectivity index (χ1v) is 10.9. The van der Waals surface area contributed by atoms with Gasteiger partial charge in [0.25, 0.3) is 0 Å². The molecule has 152 valence electrons. The number of aryl methyl sites for hydroxylation is 2. The lowest BCUT2D eigenvalue weighted by Gasteiger charge is -2.17. The topological polar surface area (TPSA) is 59.8 Å². The van der Waals surface area contributed by atoms with E-state index in [2.05, 4.69) is 91.7 Å². The molecule has 3 rings (SSSR count). The number of thioether (sulfide) groups is 1. The molecule has 1 unspecified atom stereocenters.